The molecule has 3 atom stereocenters. The summed E-state index contributed by atoms with van der Waals surface area (Å²) in [5.74, 6) is -0.0986. The van der Waals surface area contributed by atoms with E-state index in [2.05, 4.69) is 119 Å². The Bertz CT molecular complexity index is 1960. The number of nitrogens with zero attached hydrogens (tertiary/aromatic N) is 1. The molecule has 1 aliphatic heterocycles. The maximum atomic E-state index is 12.8. The first-order valence-electron chi connectivity index (χ1n) is 17.9. The fourth-order valence-corrected chi connectivity index (χ4v) is 6.83. The minimum absolute atomic E-state index is 0.00295. The molecule has 0 saturated carbocycles. The first-order valence-corrected chi connectivity index (χ1v) is 17.9. The van der Waals surface area contributed by atoms with Gasteiger partial charge < -0.3 is 19.9 Å². The summed E-state index contributed by atoms with van der Waals surface area (Å²) in [6.07, 6.45) is -0.136. The molecule has 0 bridgehead atoms. The summed E-state index contributed by atoms with van der Waals surface area (Å²) in [5.41, 5.74) is 9.18. The molecule has 1 aliphatic rings. The second-order valence-corrected chi connectivity index (χ2v) is 13.3. The molecule has 52 heavy (non-hydrogen) atoms. The van der Waals surface area contributed by atoms with Crippen molar-refractivity contribution in [1.29, 1.82) is 0 Å². The molecule has 1 amide bonds. The molecule has 6 heteroatoms. The molecule has 0 unspecified atom stereocenters. The number of aliphatic hydroxyl groups is 1. The molecule has 1 heterocycles. The van der Waals surface area contributed by atoms with E-state index in [1.54, 1.807) is 0 Å². The molecule has 2 N–H and O–H groups in total. The summed E-state index contributed by atoms with van der Waals surface area (Å²) in [6, 6.07) is 55.0. The van der Waals surface area contributed by atoms with Crippen LogP contribution in [0, 0.1) is 0 Å². The molecule has 6 nitrogen and oxygen atoms in total. The zero-order chi connectivity index (χ0) is 35.5. The summed E-state index contributed by atoms with van der Waals surface area (Å²) in [7, 11) is 0. The molecule has 0 radical (unpaired) electrons. The van der Waals surface area contributed by atoms with Crippen molar-refractivity contribution in [2.45, 2.75) is 51.2 Å². The van der Waals surface area contributed by atoms with Gasteiger partial charge in [0.15, 0.2) is 6.29 Å². The van der Waals surface area contributed by atoms with E-state index in [9.17, 15) is 9.90 Å². The highest BCUT2D eigenvalue weighted by Gasteiger charge is 2.33. The predicted octanol–water partition coefficient (Wildman–Crippen LogP) is 9.02. The minimum Gasteiger partial charge on any atom is -0.392 e. The number of carbonyl (C=O) groups is 1. The van der Waals surface area contributed by atoms with Gasteiger partial charge in [0.25, 0.3) is 5.91 Å². The summed E-state index contributed by atoms with van der Waals surface area (Å²) in [6.45, 7) is 2.76. The van der Waals surface area contributed by atoms with Gasteiger partial charge in [-0.3, -0.25) is 9.69 Å². The number of rotatable bonds is 13. The largest absolute Gasteiger partial charge is 0.392 e. The van der Waals surface area contributed by atoms with Crippen LogP contribution in [0.25, 0.3) is 11.1 Å². The molecular weight excluding hydrogens is 645 g/mol. The van der Waals surface area contributed by atoms with Crippen LogP contribution in [0.3, 0.4) is 0 Å². The van der Waals surface area contributed by atoms with Gasteiger partial charge in [0.05, 0.1) is 18.8 Å². The molecule has 7 rings (SSSR count). The third-order valence-corrected chi connectivity index (χ3v) is 9.56. The van der Waals surface area contributed by atoms with Crippen LogP contribution in [-0.2, 0) is 35.7 Å². The molecule has 0 spiro atoms. The van der Waals surface area contributed by atoms with Crippen molar-refractivity contribution < 1.29 is 19.4 Å². The zero-order valence-electron chi connectivity index (χ0n) is 29.2. The van der Waals surface area contributed by atoms with Crippen LogP contribution in [0.5, 0.6) is 0 Å². The topological polar surface area (TPSA) is 71.0 Å². The monoisotopic (exact) mass is 688 g/mol. The van der Waals surface area contributed by atoms with E-state index in [0.717, 1.165) is 53.0 Å². The fraction of sp³-hybridized carbons (Fsp3) is 0.196. The second kappa shape index (κ2) is 17.2. The Hall–Kier alpha value is -5.37. The Morgan fingerprint density at radius 1 is 0.635 bits per heavy atom. The van der Waals surface area contributed by atoms with E-state index >= 15 is 0 Å². The zero-order valence-corrected chi connectivity index (χ0v) is 29.2. The van der Waals surface area contributed by atoms with E-state index in [1.807, 2.05) is 54.6 Å². The summed E-state index contributed by atoms with van der Waals surface area (Å²) >= 11 is 0. The van der Waals surface area contributed by atoms with Crippen LogP contribution >= 0.6 is 0 Å². The molecule has 6 aromatic carbocycles. The van der Waals surface area contributed by atoms with Gasteiger partial charge in [0.2, 0.25) is 0 Å². The Morgan fingerprint density at radius 3 is 1.85 bits per heavy atom. The average molecular weight is 689 g/mol. The van der Waals surface area contributed by atoms with Crippen molar-refractivity contribution in [3.05, 3.63) is 203 Å². The van der Waals surface area contributed by atoms with Crippen molar-refractivity contribution in [3.63, 3.8) is 0 Å². The molecule has 1 saturated heterocycles. The van der Waals surface area contributed by atoms with Gasteiger partial charge in [-0.15, -0.1) is 0 Å². The van der Waals surface area contributed by atoms with Crippen LogP contribution in [0.15, 0.2) is 164 Å². The lowest BCUT2D eigenvalue weighted by atomic mass is 9.97. The highest BCUT2D eigenvalue weighted by Crippen LogP contribution is 2.39. The Morgan fingerprint density at radius 2 is 1.21 bits per heavy atom. The number of ether oxygens (including phenoxy) is 2. The van der Waals surface area contributed by atoms with Gasteiger partial charge in [0.1, 0.15) is 0 Å². The predicted molar refractivity (Wildman–Crippen MR) is 205 cm³/mol. The highest BCUT2D eigenvalue weighted by molar-refractivity contribution is 5.94. The average Bonchev–Trinajstić information content (AvgIpc) is 3.21. The van der Waals surface area contributed by atoms with Gasteiger partial charge in [-0.25, -0.2) is 0 Å². The van der Waals surface area contributed by atoms with Crippen molar-refractivity contribution in [2.75, 3.05) is 6.54 Å². The van der Waals surface area contributed by atoms with Gasteiger partial charge >= 0.3 is 0 Å². The van der Waals surface area contributed by atoms with Gasteiger partial charge in [-0.05, 0) is 51.1 Å². The standard InChI is InChI=1S/C46H44N2O4/c49-33-36-20-22-38(23-21-36)44-28-42(32-48(30-34-12-4-1-5-13-34)31-35-14-6-2-7-15-35)51-46(52-44)40-26-24-37(25-27-40)43-19-11-10-18-41(43)29-47-45(50)39-16-8-3-9-17-39/h1-27,42,44,46,49H,28-33H2,(H,47,50)/t42-,44+,46+/m1/s1. The van der Waals surface area contributed by atoms with Gasteiger partial charge in [-0.2, -0.15) is 0 Å². The van der Waals surface area contributed by atoms with E-state index in [-0.39, 0.29) is 24.7 Å². The van der Waals surface area contributed by atoms with Crippen LogP contribution in [-0.4, -0.2) is 28.6 Å². The number of amides is 1. The lowest BCUT2D eigenvalue weighted by Gasteiger charge is -2.38. The lowest BCUT2D eigenvalue weighted by molar-refractivity contribution is -0.253. The normalized spacial score (nSPS) is 17.2. The van der Waals surface area contributed by atoms with E-state index < -0.39 is 6.29 Å². The smallest absolute Gasteiger partial charge is 0.251 e. The van der Waals surface area contributed by atoms with E-state index in [1.165, 1.54) is 11.1 Å². The van der Waals surface area contributed by atoms with Crippen molar-refractivity contribution in [3.8, 4) is 11.1 Å². The molecule has 0 aromatic heterocycles. The summed E-state index contributed by atoms with van der Waals surface area (Å²) in [4.78, 5) is 15.2. The third-order valence-electron chi connectivity index (χ3n) is 9.56. The first-order chi connectivity index (χ1) is 25.6. The molecule has 262 valence electrons. The minimum atomic E-state index is -0.564. The summed E-state index contributed by atoms with van der Waals surface area (Å²) in [5, 5.41) is 12.7. The number of nitrogens with one attached hydrogen (secondary N) is 1. The number of hydrogen-bond donors (Lipinski definition) is 2. The van der Waals surface area contributed by atoms with Crippen molar-refractivity contribution >= 4 is 5.91 Å². The van der Waals surface area contributed by atoms with Crippen LogP contribution < -0.4 is 5.32 Å². The molecule has 0 aliphatic carbocycles. The highest BCUT2D eigenvalue weighted by atomic mass is 16.7. The van der Waals surface area contributed by atoms with Crippen LogP contribution in [0.4, 0.5) is 0 Å². The van der Waals surface area contributed by atoms with E-state index in [0.29, 0.717) is 18.5 Å². The Labute approximate surface area is 306 Å². The number of hydrogen-bond acceptors (Lipinski definition) is 5. The lowest BCUT2D eigenvalue weighted by Crippen LogP contribution is -2.39. The maximum Gasteiger partial charge on any atom is 0.251 e. The fourth-order valence-electron chi connectivity index (χ4n) is 6.83. The molecule has 1 fully saturated rings. The van der Waals surface area contributed by atoms with Gasteiger partial charge in [0, 0.05) is 43.7 Å². The first kappa shape index (κ1) is 35.1. The summed E-state index contributed by atoms with van der Waals surface area (Å²) < 4.78 is 13.5. The van der Waals surface area contributed by atoms with Crippen molar-refractivity contribution in [2.24, 2.45) is 0 Å². The van der Waals surface area contributed by atoms with E-state index in [4.69, 9.17) is 9.47 Å². The molecular formula is C46H44N2O4. The SMILES string of the molecule is O=C(NCc1ccccc1-c1ccc([C@H]2O[C@@H](CN(Cc3ccccc3)Cc3ccccc3)C[C@@H](c3ccc(CO)cc3)O2)cc1)c1ccccc1. The van der Waals surface area contributed by atoms with Gasteiger partial charge in [-0.1, -0.05) is 152 Å². The quantitative estimate of drug-likeness (QED) is 0.127. The number of aliphatic hydroxyl groups excluding tert-OH is 1. The van der Waals surface area contributed by atoms with Crippen LogP contribution in [0.2, 0.25) is 0 Å². The third kappa shape index (κ3) is 9.10. The molecule has 6 aromatic rings. The maximum absolute atomic E-state index is 12.8. The van der Waals surface area contributed by atoms with Crippen molar-refractivity contribution in [1.82, 2.24) is 10.2 Å². The number of carbonyl (C=O) groups excluding carboxylic acids is 1. The Balaban J connectivity index is 1.11. The second-order valence-electron chi connectivity index (χ2n) is 13.3. The number of benzene rings is 6. The Kier molecular flexibility index (Phi) is 11.6. The van der Waals surface area contributed by atoms with Crippen LogP contribution in [0.1, 0.15) is 62.6 Å².